The van der Waals surface area contributed by atoms with Gasteiger partial charge in [-0.3, -0.25) is 4.57 Å². The van der Waals surface area contributed by atoms with Crippen LogP contribution in [-0.4, -0.2) is 14.7 Å². The fourth-order valence-corrected chi connectivity index (χ4v) is 3.94. The fourth-order valence-electron chi connectivity index (χ4n) is 1.58. The summed E-state index contributed by atoms with van der Waals surface area (Å²) in [5, 5.41) is 2.23. The summed E-state index contributed by atoms with van der Waals surface area (Å²) in [5.41, 5.74) is 0.762. The quantitative estimate of drug-likeness (QED) is 0.806. The molecular formula is C10H7Cl2N3S2. The Kier molecular flexibility index (Phi) is 3.17. The number of aromatic nitrogens is 2. The molecule has 7 heteroatoms. The minimum Gasteiger partial charge on any atom is -0.294 e. The summed E-state index contributed by atoms with van der Waals surface area (Å²) < 4.78 is 6.46. The Morgan fingerprint density at radius 1 is 1.24 bits per heavy atom. The first kappa shape index (κ1) is 11.6. The lowest BCUT2D eigenvalue weighted by Crippen LogP contribution is -2.12. The summed E-state index contributed by atoms with van der Waals surface area (Å²) in [6.07, 6.45) is 0. The van der Waals surface area contributed by atoms with Gasteiger partial charge in [0.2, 0.25) is 4.80 Å². The average Bonchev–Trinajstić information content (AvgIpc) is 2.81. The van der Waals surface area contributed by atoms with E-state index in [1.807, 2.05) is 0 Å². The summed E-state index contributed by atoms with van der Waals surface area (Å²) in [7, 11) is 0. The molecule has 2 aromatic rings. The highest BCUT2D eigenvalue weighted by molar-refractivity contribution is 7.99. The van der Waals surface area contributed by atoms with Gasteiger partial charge < -0.3 is 0 Å². The zero-order chi connectivity index (χ0) is 11.8. The van der Waals surface area contributed by atoms with Gasteiger partial charge in [0.1, 0.15) is 0 Å². The van der Waals surface area contributed by atoms with Crippen molar-refractivity contribution < 1.29 is 0 Å². The molecular weight excluding hydrogens is 297 g/mol. The number of benzene rings is 1. The van der Waals surface area contributed by atoms with Crippen molar-refractivity contribution in [3.05, 3.63) is 33.0 Å². The van der Waals surface area contributed by atoms with Crippen molar-refractivity contribution in [1.29, 1.82) is 0 Å². The fraction of sp³-hybridized carbons (Fsp3) is 0.200. The number of fused-ring (bicyclic) bond motifs is 1. The number of hydrogen-bond acceptors (Lipinski definition) is 4. The second-order valence-corrected chi connectivity index (χ2v) is 6.15. The Morgan fingerprint density at radius 2 is 2.00 bits per heavy atom. The Labute approximate surface area is 116 Å². The van der Waals surface area contributed by atoms with Crippen molar-refractivity contribution in [3.63, 3.8) is 0 Å². The Balaban J connectivity index is 2.10. The molecule has 0 amide bonds. The molecule has 17 heavy (non-hydrogen) atoms. The first-order valence-electron chi connectivity index (χ1n) is 4.92. The first-order valence-corrected chi connectivity index (χ1v) is 7.44. The van der Waals surface area contributed by atoms with E-state index in [1.54, 1.807) is 30.0 Å². The minimum atomic E-state index is 0.594. The van der Waals surface area contributed by atoms with Gasteiger partial charge in [-0.15, -0.1) is 0 Å². The SMILES string of the molecule is Clc1cc(Cl)cc(N=c2snc3n2CCS3)c1. The minimum absolute atomic E-state index is 0.594. The van der Waals surface area contributed by atoms with E-state index in [9.17, 15) is 0 Å². The molecule has 0 saturated carbocycles. The smallest absolute Gasteiger partial charge is 0.210 e. The van der Waals surface area contributed by atoms with E-state index in [0.717, 1.165) is 27.9 Å². The Bertz CT molecular complexity index is 612. The number of thioether (sulfide) groups is 1. The molecule has 0 spiro atoms. The highest BCUT2D eigenvalue weighted by Crippen LogP contribution is 2.25. The number of nitrogens with zero attached hydrogens (tertiary/aromatic N) is 3. The molecule has 1 aliphatic heterocycles. The first-order chi connectivity index (χ1) is 8.22. The molecule has 0 radical (unpaired) electrons. The van der Waals surface area contributed by atoms with Crippen molar-refractivity contribution in [2.45, 2.75) is 11.7 Å². The molecule has 0 N–H and O–H groups in total. The molecule has 3 nitrogen and oxygen atoms in total. The lowest BCUT2D eigenvalue weighted by molar-refractivity contribution is 0.688. The second-order valence-electron chi connectivity index (χ2n) is 3.49. The van der Waals surface area contributed by atoms with Gasteiger partial charge in [-0.2, -0.15) is 4.37 Å². The van der Waals surface area contributed by atoms with Crippen molar-refractivity contribution in [1.82, 2.24) is 8.94 Å². The van der Waals surface area contributed by atoms with Gasteiger partial charge in [-0.05, 0) is 18.2 Å². The number of hydrogen-bond donors (Lipinski definition) is 0. The maximum Gasteiger partial charge on any atom is 0.210 e. The third-order valence-electron chi connectivity index (χ3n) is 2.29. The molecule has 0 unspecified atom stereocenters. The maximum absolute atomic E-state index is 5.94. The highest BCUT2D eigenvalue weighted by Gasteiger charge is 2.14. The topological polar surface area (TPSA) is 30.2 Å². The molecule has 88 valence electrons. The maximum atomic E-state index is 5.94. The van der Waals surface area contributed by atoms with Gasteiger partial charge in [-0.25, -0.2) is 4.99 Å². The largest absolute Gasteiger partial charge is 0.294 e. The highest BCUT2D eigenvalue weighted by atomic mass is 35.5. The van der Waals surface area contributed by atoms with E-state index in [4.69, 9.17) is 23.2 Å². The van der Waals surface area contributed by atoms with Crippen LogP contribution < -0.4 is 4.80 Å². The summed E-state index contributed by atoms with van der Waals surface area (Å²) in [6.45, 7) is 0.962. The third-order valence-corrected chi connectivity index (χ3v) is 4.53. The van der Waals surface area contributed by atoms with Crippen LogP contribution in [0, 0.1) is 0 Å². The summed E-state index contributed by atoms with van der Waals surface area (Å²) in [4.78, 5) is 5.42. The van der Waals surface area contributed by atoms with Crippen molar-refractivity contribution >= 4 is 52.2 Å². The molecule has 0 fully saturated rings. The normalized spacial score (nSPS) is 15.3. The lowest BCUT2D eigenvalue weighted by Gasteiger charge is -1.97. The molecule has 2 heterocycles. The molecule has 0 atom stereocenters. The predicted octanol–water partition coefficient (Wildman–Crippen LogP) is 3.59. The van der Waals surface area contributed by atoms with Gasteiger partial charge in [0, 0.05) is 33.9 Å². The average molecular weight is 304 g/mol. The van der Waals surface area contributed by atoms with Crippen LogP contribution in [0.25, 0.3) is 0 Å². The zero-order valence-electron chi connectivity index (χ0n) is 8.56. The van der Waals surface area contributed by atoms with Crippen LogP contribution in [0.15, 0.2) is 28.3 Å². The monoisotopic (exact) mass is 303 g/mol. The van der Waals surface area contributed by atoms with E-state index in [2.05, 4.69) is 13.9 Å². The van der Waals surface area contributed by atoms with E-state index in [0.29, 0.717) is 10.0 Å². The van der Waals surface area contributed by atoms with Crippen LogP contribution in [0.3, 0.4) is 0 Å². The lowest BCUT2D eigenvalue weighted by atomic mass is 10.3. The van der Waals surface area contributed by atoms with E-state index >= 15 is 0 Å². The van der Waals surface area contributed by atoms with Gasteiger partial charge >= 0.3 is 0 Å². The van der Waals surface area contributed by atoms with Crippen LogP contribution in [0.4, 0.5) is 5.69 Å². The molecule has 1 aromatic carbocycles. The molecule has 0 aliphatic carbocycles. The second kappa shape index (κ2) is 4.65. The summed E-state index contributed by atoms with van der Waals surface area (Å²) >= 11 is 15.0. The molecule has 0 saturated heterocycles. The van der Waals surface area contributed by atoms with Crippen molar-refractivity contribution in [3.8, 4) is 0 Å². The molecule has 0 bridgehead atoms. The van der Waals surface area contributed by atoms with Gasteiger partial charge in [0.05, 0.1) is 5.69 Å². The third kappa shape index (κ3) is 2.38. The van der Waals surface area contributed by atoms with Crippen LogP contribution >= 0.6 is 46.5 Å². The number of rotatable bonds is 1. The Morgan fingerprint density at radius 3 is 2.76 bits per heavy atom. The van der Waals surface area contributed by atoms with Crippen LogP contribution in [0.5, 0.6) is 0 Å². The predicted molar refractivity (Wildman–Crippen MR) is 72.5 cm³/mol. The van der Waals surface area contributed by atoms with Crippen LogP contribution in [0.2, 0.25) is 10.0 Å². The summed E-state index contributed by atoms with van der Waals surface area (Å²) in [5.74, 6) is 1.06. The van der Waals surface area contributed by atoms with Gasteiger partial charge in [-0.1, -0.05) is 35.0 Å². The van der Waals surface area contributed by atoms with E-state index in [1.165, 1.54) is 11.5 Å². The van der Waals surface area contributed by atoms with Crippen LogP contribution in [0.1, 0.15) is 0 Å². The van der Waals surface area contributed by atoms with E-state index < -0.39 is 0 Å². The Hall–Kier alpha value is -0.490. The van der Waals surface area contributed by atoms with E-state index in [-0.39, 0.29) is 0 Å². The zero-order valence-corrected chi connectivity index (χ0v) is 11.7. The van der Waals surface area contributed by atoms with Crippen molar-refractivity contribution in [2.75, 3.05) is 5.75 Å². The standard InChI is InChI=1S/C10H7Cl2N3S2/c11-6-3-7(12)5-8(4-6)13-9-15-1-2-16-10(15)14-17-9/h3-5H,1-2H2. The van der Waals surface area contributed by atoms with Gasteiger partial charge in [0.15, 0.2) is 5.16 Å². The van der Waals surface area contributed by atoms with Gasteiger partial charge in [0.25, 0.3) is 0 Å². The van der Waals surface area contributed by atoms with Crippen molar-refractivity contribution in [2.24, 2.45) is 4.99 Å². The summed E-state index contributed by atoms with van der Waals surface area (Å²) in [6, 6.07) is 5.28. The number of halogens is 2. The van der Waals surface area contributed by atoms with Crippen LogP contribution in [-0.2, 0) is 6.54 Å². The molecule has 3 rings (SSSR count). The molecule has 1 aromatic heterocycles. The molecule has 1 aliphatic rings.